The number of halogens is 3. The molecular formula is C28H20Br2INO4. The molecule has 0 radical (unpaired) electrons. The molecule has 0 aromatic heterocycles. The number of esters is 1. The van der Waals surface area contributed by atoms with Crippen molar-refractivity contribution < 1.29 is 19.1 Å². The molecule has 0 saturated carbocycles. The number of ketones is 1. The number of Topliss-reactive ketones (excluding diaryl/α,β-unsaturated/α-hetero) is 1. The summed E-state index contributed by atoms with van der Waals surface area (Å²) in [6.45, 7) is 2.23. The fourth-order valence-corrected chi connectivity index (χ4v) is 6.47. The third-order valence-electron chi connectivity index (χ3n) is 6.30. The van der Waals surface area contributed by atoms with Crippen LogP contribution in [0.25, 0.3) is 5.70 Å². The Morgan fingerprint density at radius 2 is 1.67 bits per heavy atom. The predicted molar refractivity (Wildman–Crippen MR) is 154 cm³/mol. The average Bonchev–Trinajstić information content (AvgIpc) is 3.14. The molecule has 2 aliphatic rings. The van der Waals surface area contributed by atoms with Crippen molar-refractivity contribution in [3.8, 4) is 5.75 Å². The summed E-state index contributed by atoms with van der Waals surface area (Å²) in [5.41, 5.74) is 5.60. The number of hydrogen-bond acceptors (Lipinski definition) is 5. The Balaban J connectivity index is 1.57. The molecule has 5 nitrogen and oxygen atoms in total. The number of hydrogen-bond donors (Lipinski definition) is 1. The van der Waals surface area contributed by atoms with Gasteiger partial charge in [0.25, 0.3) is 0 Å². The van der Waals surface area contributed by atoms with Gasteiger partial charge in [-0.1, -0.05) is 36.4 Å². The van der Waals surface area contributed by atoms with Gasteiger partial charge >= 0.3 is 5.97 Å². The highest BCUT2D eigenvalue weighted by atomic mass is 127. The SMILES string of the molecule is COC(=O)C1=C(C)NC2=C(C(=O)c3ccccc32)[C@H]1c1cc(Br)c(OCc2ccc(I)cc2)c(Br)c1. The van der Waals surface area contributed by atoms with E-state index in [-0.39, 0.29) is 5.78 Å². The molecule has 182 valence electrons. The van der Waals surface area contributed by atoms with Gasteiger partial charge in [-0.05, 0) is 96.8 Å². The number of methoxy groups -OCH3 is 1. The highest BCUT2D eigenvalue weighted by molar-refractivity contribution is 14.1. The molecule has 5 rings (SSSR count). The summed E-state index contributed by atoms with van der Waals surface area (Å²) in [4.78, 5) is 26.5. The first-order valence-corrected chi connectivity index (χ1v) is 13.8. The van der Waals surface area contributed by atoms with Crippen LogP contribution >= 0.6 is 54.5 Å². The van der Waals surface area contributed by atoms with Crippen molar-refractivity contribution in [2.24, 2.45) is 0 Å². The van der Waals surface area contributed by atoms with E-state index in [1.807, 2.05) is 67.6 Å². The standard InChI is InChI=1S/C28H20Br2INO4/c1-14-22(28(34)35-2)23(24-25(32-14)18-5-3-4-6-19(18)26(24)33)16-11-20(29)27(21(30)12-16)36-13-15-7-9-17(31)10-8-15/h3-12,23,32H,13H2,1-2H3/t23-/m0/s1. The van der Waals surface area contributed by atoms with Crippen LogP contribution in [-0.2, 0) is 16.1 Å². The molecule has 1 aliphatic carbocycles. The van der Waals surface area contributed by atoms with E-state index in [9.17, 15) is 9.59 Å². The molecule has 0 amide bonds. The molecule has 1 N–H and O–H groups in total. The second-order valence-corrected chi connectivity index (χ2v) is 11.4. The van der Waals surface area contributed by atoms with Gasteiger partial charge in [-0.2, -0.15) is 0 Å². The molecule has 0 fully saturated rings. The quantitative estimate of drug-likeness (QED) is 0.225. The first-order valence-electron chi connectivity index (χ1n) is 11.1. The molecule has 0 bridgehead atoms. The van der Waals surface area contributed by atoms with Crippen molar-refractivity contribution in [1.82, 2.24) is 5.32 Å². The number of rotatable bonds is 5. The van der Waals surface area contributed by atoms with Crippen molar-refractivity contribution in [3.05, 3.63) is 112 Å². The Kier molecular flexibility index (Phi) is 7.11. The van der Waals surface area contributed by atoms with E-state index in [4.69, 9.17) is 9.47 Å². The maximum Gasteiger partial charge on any atom is 0.336 e. The highest BCUT2D eigenvalue weighted by Gasteiger charge is 2.43. The number of nitrogens with one attached hydrogen (secondary N) is 1. The normalized spacial score (nSPS) is 16.5. The van der Waals surface area contributed by atoms with Crippen molar-refractivity contribution in [1.29, 1.82) is 0 Å². The molecular weight excluding hydrogens is 701 g/mol. The fraction of sp³-hybridized carbons (Fsp3) is 0.143. The van der Waals surface area contributed by atoms with E-state index >= 15 is 0 Å². The summed E-state index contributed by atoms with van der Waals surface area (Å²) in [5, 5.41) is 3.30. The van der Waals surface area contributed by atoms with Crippen LogP contribution in [0.4, 0.5) is 0 Å². The third-order valence-corrected chi connectivity index (χ3v) is 8.20. The van der Waals surface area contributed by atoms with E-state index in [0.29, 0.717) is 43.7 Å². The van der Waals surface area contributed by atoms with Gasteiger partial charge in [0, 0.05) is 31.9 Å². The number of carbonyl (C=O) groups excluding carboxylic acids is 2. The molecule has 0 spiro atoms. The minimum Gasteiger partial charge on any atom is -0.487 e. The lowest BCUT2D eigenvalue weighted by atomic mass is 9.80. The molecule has 1 aliphatic heterocycles. The Bertz CT molecular complexity index is 1450. The van der Waals surface area contributed by atoms with Crippen molar-refractivity contribution >= 4 is 71.9 Å². The number of fused-ring (bicyclic) bond motifs is 2. The lowest BCUT2D eigenvalue weighted by molar-refractivity contribution is -0.136. The molecule has 3 aromatic carbocycles. The van der Waals surface area contributed by atoms with Gasteiger partial charge in [0.05, 0.1) is 27.3 Å². The topological polar surface area (TPSA) is 64.6 Å². The molecule has 0 unspecified atom stereocenters. The highest BCUT2D eigenvalue weighted by Crippen LogP contribution is 2.48. The van der Waals surface area contributed by atoms with Gasteiger partial charge in [0.1, 0.15) is 12.4 Å². The Morgan fingerprint density at radius 3 is 2.31 bits per heavy atom. The first kappa shape index (κ1) is 25.2. The molecule has 36 heavy (non-hydrogen) atoms. The number of allylic oxidation sites excluding steroid dienone is 2. The van der Waals surface area contributed by atoms with Gasteiger partial charge in [0.2, 0.25) is 0 Å². The minimum absolute atomic E-state index is 0.0988. The summed E-state index contributed by atoms with van der Waals surface area (Å²) < 4.78 is 13.8. The Morgan fingerprint density at radius 1 is 1.03 bits per heavy atom. The zero-order valence-corrected chi connectivity index (χ0v) is 24.7. The lowest BCUT2D eigenvalue weighted by Gasteiger charge is -2.29. The van der Waals surface area contributed by atoms with Crippen LogP contribution in [0.3, 0.4) is 0 Å². The number of ether oxygens (including phenoxy) is 2. The number of dihydropyridines is 1. The summed E-state index contributed by atoms with van der Waals surface area (Å²) in [7, 11) is 1.35. The zero-order chi connectivity index (χ0) is 25.6. The van der Waals surface area contributed by atoms with E-state index in [0.717, 1.165) is 26.0 Å². The summed E-state index contributed by atoms with van der Waals surface area (Å²) in [6.07, 6.45) is 0. The third kappa shape index (κ3) is 4.43. The van der Waals surface area contributed by atoms with E-state index in [2.05, 4.69) is 59.8 Å². The molecule has 0 saturated heterocycles. The summed E-state index contributed by atoms with van der Waals surface area (Å²) in [5.74, 6) is -0.543. The predicted octanol–water partition coefficient (Wildman–Crippen LogP) is 7.14. The van der Waals surface area contributed by atoms with Gasteiger partial charge < -0.3 is 14.8 Å². The van der Waals surface area contributed by atoms with Gasteiger partial charge in [0.15, 0.2) is 5.78 Å². The van der Waals surface area contributed by atoms with Crippen LogP contribution in [0, 0.1) is 3.57 Å². The fourth-order valence-electron chi connectivity index (χ4n) is 4.66. The Hall–Kier alpha value is -2.43. The van der Waals surface area contributed by atoms with Gasteiger partial charge in [-0.3, -0.25) is 4.79 Å². The second-order valence-electron chi connectivity index (χ2n) is 8.48. The van der Waals surface area contributed by atoms with Crippen LogP contribution in [-0.4, -0.2) is 18.9 Å². The minimum atomic E-state index is -0.605. The average molecular weight is 721 g/mol. The van der Waals surface area contributed by atoms with Crippen LogP contribution in [0.2, 0.25) is 0 Å². The van der Waals surface area contributed by atoms with Crippen molar-refractivity contribution in [2.45, 2.75) is 19.4 Å². The van der Waals surface area contributed by atoms with Crippen LogP contribution in [0.1, 0.15) is 39.9 Å². The largest absolute Gasteiger partial charge is 0.487 e. The summed E-state index contributed by atoms with van der Waals surface area (Å²) >= 11 is 9.57. The molecule has 8 heteroatoms. The van der Waals surface area contributed by atoms with Gasteiger partial charge in [-0.25, -0.2) is 4.79 Å². The Labute approximate surface area is 239 Å². The molecule has 1 heterocycles. The number of carbonyl (C=O) groups is 2. The lowest BCUT2D eigenvalue weighted by Crippen LogP contribution is -2.29. The first-order chi connectivity index (χ1) is 17.3. The van der Waals surface area contributed by atoms with E-state index < -0.39 is 11.9 Å². The van der Waals surface area contributed by atoms with Gasteiger partial charge in [-0.15, -0.1) is 0 Å². The molecule has 3 aromatic rings. The summed E-state index contributed by atoms with van der Waals surface area (Å²) in [6, 6.07) is 19.4. The molecule has 1 atom stereocenters. The van der Waals surface area contributed by atoms with Crippen molar-refractivity contribution in [2.75, 3.05) is 7.11 Å². The maximum absolute atomic E-state index is 13.6. The van der Waals surface area contributed by atoms with E-state index in [1.54, 1.807) is 0 Å². The monoisotopic (exact) mass is 719 g/mol. The van der Waals surface area contributed by atoms with Crippen molar-refractivity contribution in [3.63, 3.8) is 0 Å². The number of benzene rings is 3. The maximum atomic E-state index is 13.6. The van der Waals surface area contributed by atoms with Crippen LogP contribution in [0.5, 0.6) is 5.75 Å². The second kappa shape index (κ2) is 10.1. The van der Waals surface area contributed by atoms with Crippen LogP contribution in [0.15, 0.2) is 86.5 Å². The smallest absolute Gasteiger partial charge is 0.336 e. The van der Waals surface area contributed by atoms with Crippen LogP contribution < -0.4 is 10.1 Å². The van der Waals surface area contributed by atoms with E-state index in [1.165, 1.54) is 7.11 Å². The zero-order valence-electron chi connectivity index (χ0n) is 19.3.